The number of amides is 1. The Morgan fingerprint density at radius 1 is 0.897 bits per heavy atom. The number of para-hydroxylation sites is 1. The van der Waals surface area contributed by atoms with Crippen molar-refractivity contribution in [2.75, 3.05) is 56.2 Å². The normalized spacial score (nSPS) is 15.4. The van der Waals surface area contributed by atoms with Gasteiger partial charge < -0.3 is 24.4 Å². The van der Waals surface area contributed by atoms with Crippen molar-refractivity contribution in [2.24, 2.45) is 0 Å². The highest BCUT2D eigenvalue weighted by atomic mass is 16.5. The molecule has 3 aromatic carbocycles. The van der Waals surface area contributed by atoms with E-state index in [1.807, 2.05) is 83.8 Å². The predicted molar refractivity (Wildman–Crippen MR) is 149 cm³/mol. The van der Waals surface area contributed by atoms with Crippen LogP contribution in [0.25, 0.3) is 11.3 Å². The molecule has 1 fully saturated rings. The van der Waals surface area contributed by atoms with E-state index in [0.717, 1.165) is 61.2 Å². The summed E-state index contributed by atoms with van der Waals surface area (Å²) in [5.74, 6) is 2.58. The molecule has 2 aliphatic rings. The van der Waals surface area contributed by atoms with Gasteiger partial charge in [0.25, 0.3) is 5.91 Å². The maximum atomic E-state index is 12.8. The molecule has 0 atom stereocenters. The molecule has 1 N–H and O–H groups in total. The summed E-state index contributed by atoms with van der Waals surface area (Å²) < 4.78 is 17.1. The fourth-order valence-corrected chi connectivity index (χ4v) is 4.64. The molecule has 1 aromatic heterocycles. The molecule has 39 heavy (non-hydrogen) atoms. The van der Waals surface area contributed by atoms with Crippen molar-refractivity contribution in [1.29, 1.82) is 0 Å². The lowest BCUT2D eigenvalue weighted by molar-refractivity contribution is -0.121. The van der Waals surface area contributed by atoms with Crippen molar-refractivity contribution in [1.82, 2.24) is 14.9 Å². The topological polar surface area (TPSA) is 89.0 Å². The predicted octanol–water partition coefficient (Wildman–Crippen LogP) is 4.74. The fourth-order valence-electron chi connectivity index (χ4n) is 4.64. The molecule has 0 bridgehead atoms. The van der Waals surface area contributed by atoms with Gasteiger partial charge in [-0.25, -0.2) is 9.97 Å². The van der Waals surface area contributed by atoms with Crippen LogP contribution in [0, 0.1) is 0 Å². The van der Waals surface area contributed by atoms with Crippen molar-refractivity contribution in [3.8, 4) is 28.5 Å². The van der Waals surface area contributed by atoms with E-state index in [9.17, 15) is 4.79 Å². The summed E-state index contributed by atoms with van der Waals surface area (Å²) in [4.78, 5) is 26.1. The van der Waals surface area contributed by atoms with Gasteiger partial charge in [0.1, 0.15) is 17.2 Å². The Hall–Kier alpha value is -4.47. The zero-order chi connectivity index (χ0) is 26.4. The lowest BCUT2D eigenvalue weighted by Gasteiger charge is -2.33. The largest absolute Gasteiger partial charge is 0.482 e. The number of morpholine rings is 1. The molecule has 0 spiro atoms. The molecule has 1 saturated heterocycles. The highest BCUT2D eigenvalue weighted by molar-refractivity contribution is 5.98. The first-order valence-corrected chi connectivity index (χ1v) is 13.0. The van der Waals surface area contributed by atoms with Crippen molar-refractivity contribution >= 4 is 23.2 Å². The first-order valence-electron chi connectivity index (χ1n) is 13.0. The van der Waals surface area contributed by atoms with Crippen molar-refractivity contribution < 1.29 is 19.0 Å². The van der Waals surface area contributed by atoms with Gasteiger partial charge in [-0.1, -0.05) is 24.3 Å². The Bertz CT molecular complexity index is 1440. The first kappa shape index (κ1) is 24.8. The molecule has 3 heterocycles. The number of aromatic nitrogens is 2. The van der Waals surface area contributed by atoms with E-state index >= 15 is 0 Å². The van der Waals surface area contributed by atoms with Gasteiger partial charge in [-0.05, 0) is 48.5 Å². The number of hydrogen-bond donors (Lipinski definition) is 1. The number of hydrogen-bond acceptors (Lipinski definition) is 8. The quantitative estimate of drug-likeness (QED) is 0.354. The van der Waals surface area contributed by atoms with Crippen LogP contribution in [0.15, 0.2) is 85.1 Å². The third-order valence-electron chi connectivity index (χ3n) is 6.67. The summed E-state index contributed by atoms with van der Waals surface area (Å²) in [6, 6.07) is 25.0. The molecule has 0 aliphatic carbocycles. The van der Waals surface area contributed by atoms with E-state index < -0.39 is 0 Å². The molecule has 9 heteroatoms. The first-order chi connectivity index (χ1) is 19.2. The SMILES string of the molecule is O=C1COc2ccc(-c3ccnc(Nc4cccc(Oc5ccccc5)c4)n3)cc2N1CCN1CCOCC1. The Morgan fingerprint density at radius 3 is 2.62 bits per heavy atom. The highest BCUT2D eigenvalue weighted by Crippen LogP contribution is 2.36. The third-order valence-corrected chi connectivity index (χ3v) is 6.67. The van der Waals surface area contributed by atoms with E-state index in [4.69, 9.17) is 19.2 Å². The lowest BCUT2D eigenvalue weighted by atomic mass is 10.1. The average molecular weight is 524 g/mol. The average Bonchev–Trinajstić information content (AvgIpc) is 2.98. The second-order valence-corrected chi connectivity index (χ2v) is 9.30. The number of fused-ring (bicyclic) bond motifs is 1. The van der Waals surface area contributed by atoms with E-state index in [0.29, 0.717) is 24.0 Å². The van der Waals surface area contributed by atoms with Gasteiger partial charge >= 0.3 is 0 Å². The summed E-state index contributed by atoms with van der Waals surface area (Å²) in [5, 5.41) is 3.27. The molecule has 0 radical (unpaired) electrons. The van der Waals surface area contributed by atoms with Crippen molar-refractivity contribution in [2.45, 2.75) is 0 Å². The smallest absolute Gasteiger partial charge is 0.265 e. The van der Waals surface area contributed by atoms with Gasteiger partial charge in [-0.3, -0.25) is 9.69 Å². The summed E-state index contributed by atoms with van der Waals surface area (Å²) in [7, 11) is 0. The van der Waals surface area contributed by atoms with Crippen LogP contribution >= 0.6 is 0 Å². The number of nitrogens with one attached hydrogen (secondary N) is 1. The minimum atomic E-state index is -0.0458. The molecule has 0 saturated carbocycles. The summed E-state index contributed by atoms with van der Waals surface area (Å²) >= 11 is 0. The van der Waals surface area contributed by atoms with Gasteiger partial charge in [-0.2, -0.15) is 0 Å². The van der Waals surface area contributed by atoms with Crippen molar-refractivity contribution in [3.63, 3.8) is 0 Å². The van der Waals surface area contributed by atoms with Gasteiger partial charge in [-0.15, -0.1) is 0 Å². The van der Waals surface area contributed by atoms with Gasteiger partial charge in [0.05, 0.1) is 24.6 Å². The fraction of sp³-hybridized carbons (Fsp3) is 0.233. The Labute approximate surface area is 227 Å². The Kier molecular flexibility index (Phi) is 7.33. The maximum absolute atomic E-state index is 12.8. The molecule has 9 nitrogen and oxygen atoms in total. The monoisotopic (exact) mass is 523 g/mol. The number of carbonyl (C=O) groups excluding carboxylic acids is 1. The zero-order valence-electron chi connectivity index (χ0n) is 21.5. The summed E-state index contributed by atoms with van der Waals surface area (Å²) in [6.07, 6.45) is 1.71. The second kappa shape index (κ2) is 11.5. The van der Waals surface area contributed by atoms with Crippen LogP contribution in [-0.4, -0.2) is 66.8 Å². The summed E-state index contributed by atoms with van der Waals surface area (Å²) in [5.41, 5.74) is 3.17. The van der Waals surface area contributed by atoms with E-state index in [1.165, 1.54) is 0 Å². The number of carbonyl (C=O) groups is 1. The van der Waals surface area contributed by atoms with Crippen LogP contribution in [0.1, 0.15) is 0 Å². The zero-order valence-corrected chi connectivity index (χ0v) is 21.5. The lowest BCUT2D eigenvalue weighted by Crippen LogP contribution is -2.45. The molecule has 1 amide bonds. The number of anilines is 3. The summed E-state index contributed by atoms with van der Waals surface area (Å²) in [6.45, 7) is 4.64. The second-order valence-electron chi connectivity index (χ2n) is 9.30. The minimum absolute atomic E-state index is 0.0457. The van der Waals surface area contributed by atoms with Gasteiger partial charge in [0.15, 0.2) is 6.61 Å². The van der Waals surface area contributed by atoms with Crippen LogP contribution in [0.4, 0.5) is 17.3 Å². The molecule has 2 aliphatic heterocycles. The molecule has 198 valence electrons. The molecule has 4 aromatic rings. The van der Waals surface area contributed by atoms with Crippen LogP contribution in [0.2, 0.25) is 0 Å². The van der Waals surface area contributed by atoms with Gasteiger partial charge in [0, 0.05) is 49.7 Å². The van der Waals surface area contributed by atoms with Crippen LogP contribution in [0.3, 0.4) is 0 Å². The Morgan fingerprint density at radius 2 is 1.74 bits per heavy atom. The Balaban J connectivity index is 1.19. The van der Waals surface area contributed by atoms with E-state index in [-0.39, 0.29) is 12.5 Å². The highest BCUT2D eigenvalue weighted by Gasteiger charge is 2.27. The van der Waals surface area contributed by atoms with E-state index in [2.05, 4.69) is 15.2 Å². The third kappa shape index (κ3) is 6.00. The standard InChI is InChI=1S/C30H29N5O4/c36-29-21-38-28-10-9-22(19-27(28)35(29)14-13-34-15-17-37-18-16-34)26-11-12-31-30(33-26)32-23-5-4-8-25(20-23)39-24-6-2-1-3-7-24/h1-12,19-20H,13-18,21H2,(H,31,32,33). The minimum Gasteiger partial charge on any atom is -0.482 e. The number of rotatable bonds is 8. The maximum Gasteiger partial charge on any atom is 0.265 e. The molecular weight excluding hydrogens is 494 g/mol. The molecule has 0 unspecified atom stereocenters. The van der Waals surface area contributed by atoms with Gasteiger partial charge in [0.2, 0.25) is 5.95 Å². The van der Waals surface area contributed by atoms with Crippen LogP contribution in [-0.2, 0) is 9.53 Å². The van der Waals surface area contributed by atoms with Crippen molar-refractivity contribution in [3.05, 3.63) is 85.1 Å². The van der Waals surface area contributed by atoms with E-state index in [1.54, 1.807) is 6.20 Å². The van der Waals surface area contributed by atoms with Crippen LogP contribution in [0.5, 0.6) is 17.2 Å². The van der Waals surface area contributed by atoms with Crippen LogP contribution < -0.4 is 19.7 Å². The number of ether oxygens (including phenoxy) is 3. The number of benzene rings is 3. The molecular formula is C30H29N5O4. The number of nitrogens with zero attached hydrogens (tertiary/aromatic N) is 4. The molecule has 6 rings (SSSR count).